The van der Waals surface area contributed by atoms with Gasteiger partial charge in [-0.25, -0.2) is 0 Å². The van der Waals surface area contributed by atoms with E-state index in [1.54, 1.807) is 4.90 Å². The zero-order valence-corrected chi connectivity index (χ0v) is 8.84. The summed E-state index contributed by atoms with van der Waals surface area (Å²) in [6.45, 7) is 3.19. The fraction of sp³-hybridized carbons (Fsp3) is 0.900. The molecule has 1 rings (SSSR count). The molecule has 2 atom stereocenters. The van der Waals surface area contributed by atoms with E-state index in [1.165, 1.54) is 12.8 Å². The van der Waals surface area contributed by atoms with Gasteiger partial charge in [0, 0.05) is 14.1 Å². The quantitative estimate of drug-likeness (QED) is 0.690. The predicted molar refractivity (Wildman–Crippen MR) is 53.5 cm³/mol. The summed E-state index contributed by atoms with van der Waals surface area (Å²) in [5, 5.41) is 3.27. The highest BCUT2D eigenvalue weighted by Crippen LogP contribution is 2.19. The van der Waals surface area contributed by atoms with Crippen molar-refractivity contribution in [2.24, 2.45) is 5.92 Å². The van der Waals surface area contributed by atoms with Crippen LogP contribution in [0, 0.1) is 5.92 Å². The summed E-state index contributed by atoms with van der Waals surface area (Å²) in [7, 11) is 3.64. The highest BCUT2D eigenvalue weighted by atomic mass is 16.2. The largest absolute Gasteiger partial charge is 0.347 e. The molecule has 13 heavy (non-hydrogen) atoms. The molecule has 0 radical (unpaired) electrons. The molecule has 1 fully saturated rings. The first-order chi connectivity index (χ1) is 6.15. The maximum Gasteiger partial charge on any atom is 0.239 e. The smallest absolute Gasteiger partial charge is 0.239 e. The van der Waals surface area contributed by atoms with Gasteiger partial charge < -0.3 is 10.2 Å². The molecule has 1 heterocycles. The van der Waals surface area contributed by atoms with Crippen LogP contribution in [0.3, 0.4) is 0 Å². The van der Waals surface area contributed by atoms with Gasteiger partial charge in [-0.1, -0.05) is 13.3 Å². The molecule has 0 saturated carbocycles. The highest BCUT2D eigenvalue weighted by molar-refractivity contribution is 5.81. The summed E-state index contributed by atoms with van der Waals surface area (Å²) >= 11 is 0. The lowest BCUT2D eigenvalue weighted by atomic mass is 9.90. The molecule has 3 nitrogen and oxygen atoms in total. The van der Waals surface area contributed by atoms with Crippen LogP contribution in [-0.2, 0) is 4.79 Å². The second kappa shape index (κ2) is 4.61. The zero-order chi connectivity index (χ0) is 9.84. The van der Waals surface area contributed by atoms with Crippen molar-refractivity contribution >= 4 is 5.91 Å². The van der Waals surface area contributed by atoms with Crippen LogP contribution in [-0.4, -0.2) is 37.5 Å². The Morgan fingerprint density at radius 3 is 2.77 bits per heavy atom. The molecule has 0 aromatic heterocycles. The van der Waals surface area contributed by atoms with Gasteiger partial charge in [0.05, 0.1) is 6.04 Å². The molecule has 1 aliphatic rings. The Morgan fingerprint density at radius 2 is 2.23 bits per heavy atom. The Kier molecular flexibility index (Phi) is 3.72. The van der Waals surface area contributed by atoms with E-state index >= 15 is 0 Å². The third-order valence-corrected chi connectivity index (χ3v) is 2.83. The van der Waals surface area contributed by atoms with E-state index in [1.807, 2.05) is 14.1 Å². The first kappa shape index (κ1) is 10.5. The van der Waals surface area contributed by atoms with E-state index < -0.39 is 0 Å². The van der Waals surface area contributed by atoms with Crippen molar-refractivity contribution in [3.8, 4) is 0 Å². The maximum atomic E-state index is 11.6. The SMILES string of the molecule is CCC1CCNC(C(=O)N(C)C)C1. The van der Waals surface area contributed by atoms with Gasteiger partial charge in [0.25, 0.3) is 0 Å². The number of rotatable bonds is 2. The standard InChI is InChI=1S/C10H20N2O/c1-4-8-5-6-11-9(7-8)10(13)12(2)3/h8-9,11H,4-7H2,1-3H3. The first-order valence-electron chi connectivity index (χ1n) is 5.09. The minimum atomic E-state index is 0.0636. The molecule has 1 aliphatic heterocycles. The second-order valence-electron chi connectivity index (χ2n) is 4.04. The highest BCUT2D eigenvalue weighted by Gasteiger charge is 2.26. The van der Waals surface area contributed by atoms with Gasteiger partial charge in [0.15, 0.2) is 0 Å². The van der Waals surface area contributed by atoms with Crippen LogP contribution in [0.15, 0.2) is 0 Å². The molecule has 2 unspecified atom stereocenters. The number of likely N-dealkylation sites (N-methyl/N-ethyl adjacent to an activating group) is 1. The van der Waals surface area contributed by atoms with Crippen LogP contribution < -0.4 is 5.32 Å². The lowest BCUT2D eigenvalue weighted by Gasteiger charge is -2.30. The number of carbonyl (C=O) groups excluding carboxylic acids is 1. The molecule has 0 aromatic carbocycles. The van der Waals surface area contributed by atoms with Gasteiger partial charge in [-0.15, -0.1) is 0 Å². The number of hydrogen-bond donors (Lipinski definition) is 1. The van der Waals surface area contributed by atoms with E-state index in [0.717, 1.165) is 18.9 Å². The zero-order valence-electron chi connectivity index (χ0n) is 8.84. The van der Waals surface area contributed by atoms with E-state index in [0.29, 0.717) is 0 Å². The van der Waals surface area contributed by atoms with Gasteiger partial charge in [-0.05, 0) is 25.3 Å². The number of carbonyl (C=O) groups is 1. The Balaban J connectivity index is 2.46. The molecule has 0 aromatic rings. The molecule has 0 bridgehead atoms. The summed E-state index contributed by atoms with van der Waals surface area (Å²) in [5.41, 5.74) is 0. The van der Waals surface area contributed by atoms with Crippen molar-refractivity contribution in [1.29, 1.82) is 0 Å². The summed E-state index contributed by atoms with van der Waals surface area (Å²) in [4.78, 5) is 13.3. The van der Waals surface area contributed by atoms with Crippen LogP contribution in [0.5, 0.6) is 0 Å². The molecule has 1 amide bonds. The molecule has 1 N–H and O–H groups in total. The van der Waals surface area contributed by atoms with Crippen molar-refractivity contribution in [3.05, 3.63) is 0 Å². The van der Waals surface area contributed by atoms with E-state index in [2.05, 4.69) is 12.2 Å². The molecule has 3 heteroatoms. The lowest BCUT2D eigenvalue weighted by molar-refractivity contribution is -0.131. The monoisotopic (exact) mass is 184 g/mol. The second-order valence-corrected chi connectivity index (χ2v) is 4.04. The predicted octanol–water partition coefficient (Wildman–Crippen LogP) is 0.853. The molecule has 1 saturated heterocycles. The Hall–Kier alpha value is -0.570. The topological polar surface area (TPSA) is 32.3 Å². The number of amides is 1. The minimum Gasteiger partial charge on any atom is -0.347 e. The van der Waals surface area contributed by atoms with Gasteiger partial charge in [0.2, 0.25) is 5.91 Å². The normalized spacial score (nSPS) is 28.5. The Labute approximate surface area is 80.5 Å². The summed E-state index contributed by atoms with van der Waals surface area (Å²) in [6.07, 6.45) is 3.42. The van der Waals surface area contributed by atoms with Gasteiger partial charge >= 0.3 is 0 Å². The van der Waals surface area contributed by atoms with Crippen molar-refractivity contribution in [3.63, 3.8) is 0 Å². The van der Waals surface area contributed by atoms with E-state index in [4.69, 9.17) is 0 Å². The van der Waals surface area contributed by atoms with Crippen LogP contribution in [0.4, 0.5) is 0 Å². The molecule has 76 valence electrons. The average molecular weight is 184 g/mol. The van der Waals surface area contributed by atoms with E-state index in [-0.39, 0.29) is 11.9 Å². The summed E-state index contributed by atoms with van der Waals surface area (Å²) in [6, 6.07) is 0.0636. The minimum absolute atomic E-state index is 0.0636. The summed E-state index contributed by atoms with van der Waals surface area (Å²) < 4.78 is 0. The fourth-order valence-corrected chi connectivity index (χ4v) is 1.87. The van der Waals surface area contributed by atoms with Crippen molar-refractivity contribution in [2.75, 3.05) is 20.6 Å². The lowest BCUT2D eigenvalue weighted by Crippen LogP contribution is -2.48. The van der Waals surface area contributed by atoms with Gasteiger partial charge in [-0.3, -0.25) is 4.79 Å². The van der Waals surface area contributed by atoms with E-state index in [9.17, 15) is 4.79 Å². The Morgan fingerprint density at radius 1 is 1.54 bits per heavy atom. The van der Waals surface area contributed by atoms with Crippen LogP contribution in [0.2, 0.25) is 0 Å². The van der Waals surface area contributed by atoms with Crippen molar-refractivity contribution < 1.29 is 4.79 Å². The molecular weight excluding hydrogens is 164 g/mol. The maximum absolute atomic E-state index is 11.6. The number of piperidine rings is 1. The van der Waals surface area contributed by atoms with Crippen LogP contribution >= 0.6 is 0 Å². The first-order valence-corrected chi connectivity index (χ1v) is 5.09. The third-order valence-electron chi connectivity index (χ3n) is 2.83. The third kappa shape index (κ3) is 2.69. The molecular formula is C10H20N2O. The average Bonchev–Trinajstić information content (AvgIpc) is 2.16. The van der Waals surface area contributed by atoms with Crippen molar-refractivity contribution in [2.45, 2.75) is 32.2 Å². The molecule has 0 spiro atoms. The van der Waals surface area contributed by atoms with Gasteiger partial charge in [0.1, 0.15) is 0 Å². The van der Waals surface area contributed by atoms with Crippen LogP contribution in [0.25, 0.3) is 0 Å². The molecule has 0 aliphatic carbocycles. The fourth-order valence-electron chi connectivity index (χ4n) is 1.87. The number of nitrogens with one attached hydrogen (secondary N) is 1. The summed E-state index contributed by atoms with van der Waals surface area (Å²) in [5.74, 6) is 0.952. The van der Waals surface area contributed by atoms with Crippen molar-refractivity contribution in [1.82, 2.24) is 10.2 Å². The number of nitrogens with zero attached hydrogens (tertiary/aromatic N) is 1. The van der Waals surface area contributed by atoms with Crippen LogP contribution in [0.1, 0.15) is 26.2 Å². The van der Waals surface area contributed by atoms with Gasteiger partial charge in [-0.2, -0.15) is 0 Å². The number of hydrogen-bond acceptors (Lipinski definition) is 2. The Bertz CT molecular complexity index is 180.